The van der Waals surface area contributed by atoms with Gasteiger partial charge in [-0.15, -0.1) is 0 Å². The molecule has 0 spiro atoms. The van der Waals surface area contributed by atoms with Gasteiger partial charge in [-0.1, -0.05) is 109 Å². The maximum Gasteiger partial charge on any atom is 0.408 e. The number of aromatic amines is 1. The van der Waals surface area contributed by atoms with Crippen LogP contribution in [0, 0.1) is 0 Å². The van der Waals surface area contributed by atoms with Crippen molar-refractivity contribution in [1.29, 1.82) is 0 Å². The van der Waals surface area contributed by atoms with Crippen LogP contribution in [0.3, 0.4) is 0 Å². The SMILES string of the molecule is CC(C)(C)OC(=O)N[C@@H](Cc1c[nH]c2ccccc12)C(=O)N[C@@H](Cc1ccccc1)C(=O)N[C@@H](CNC(=O)OCc1ccccc1)Cc1ccccc1. The minimum Gasteiger partial charge on any atom is -0.445 e. The maximum absolute atomic E-state index is 14.2. The quantitative estimate of drug-likeness (QED) is 0.0899. The Bertz CT molecular complexity index is 1940. The summed E-state index contributed by atoms with van der Waals surface area (Å²) < 4.78 is 10.9. The molecule has 5 N–H and O–H groups in total. The lowest BCUT2D eigenvalue weighted by atomic mass is 10.0. The lowest BCUT2D eigenvalue weighted by Crippen LogP contribution is -2.57. The molecule has 4 aromatic carbocycles. The number of amides is 4. The van der Waals surface area contributed by atoms with Gasteiger partial charge in [-0.2, -0.15) is 0 Å². The summed E-state index contributed by atoms with van der Waals surface area (Å²) in [5, 5.41) is 12.4. The number of carbonyl (C=O) groups excluding carboxylic acids is 4. The third kappa shape index (κ3) is 12.3. The normalized spacial score (nSPS) is 12.9. The molecule has 3 atom stereocenters. The van der Waals surface area contributed by atoms with Gasteiger partial charge in [0.2, 0.25) is 11.8 Å². The Morgan fingerprint density at radius 1 is 0.623 bits per heavy atom. The van der Waals surface area contributed by atoms with E-state index in [0.29, 0.717) is 6.42 Å². The van der Waals surface area contributed by atoms with E-state index in [4.69, 9.17) is 9.47 Å². The molecule has 1 heterocycles. The summed E-state index contributed by atoms with van der Waals surface area (Å²) >= 11 is 0. The predicted molar refractivity (Wildman–Crippen MR) is 204 cm³/mol. The number of rotatable bonds is 15. The Balaban J connectivity index is 1.34. The Labute approximate surface area is 309 Å². The Morgan fingerprint density at radius 3 is 1.81 bits per heavy atom. The van der Waals surface area contributed by atoms with Gasteiger partial charge in [-0.05, 0) is 55.5 Å². The van der Waals surface area contributed by atoms with Gasteiger partial charge in [-0.3, -0.25) is 9.59 Å². The van der Waals surface area contributed by atoms with Crippen molar-refractivity contribution in [2.45, 2.75) is 70.4 Å². The highest BCUT2D eigenvalue weighted by atomic mass is 16.6. The second-order valence-corrected chi connectivity index (χ2v) is 13.9. The zero-order valence-corrected chi connectivity index (χ0v) is 30.3. The van der Waals surface area contributed by atoms with Gasteiger partial charge in [0.1, 0.15) is 24.3 Å². The summed E-state index contributed by atoms with van der Waals surface area (Å²) in [5.41, 5.74) is 3.53. The van der Waals surface area contributed by atoms with E-state index in [1.807, 2.05) is 121 Å². The van der Waals surface area contributed by atoms with Crippen LogP contribution in [0.4, 0.5) is 9.59 Å². The molecule has 0 bridgehead atoms. The first kappa shape index (κ1) is 38.1. The molecule has 5 rings (SSSR count). The summed E-state index contributed by atoms with van der Waals surface area (Å²) in [6, 6.07) is 33.3. The van der Waals surface area contributed by atoms with E-state index in [1.165, 1.54) is 0 Å². The molecule has 276 valence electrons. The second kappa shape index (κ2) is 18.4. The number of benzene rings is 4. The molecule has 0 radical (unpaired) electrons. The fourth-order valence-electron chi connectivity index (χ4n) is 5.87. The molecule has 11 nitrogen and oxygen atoms in total. The fourth-order valence-corrected chi connectivity index (χ4v) is 5.87. The summed E-state index contributed by atoms with van der Waals surface area (Å²) in [5.74, 6) is -1.01. The van der Waals surface area contributed by atoms with E-state index < -0.39 is 47.7 Å². The van der Waals surface area contributed by atoms with Gasteiger partial charge < -0.3 is 35.7 Å². The van der Waals surface area contributed by atoms with Crippen molar-refractivity contribution in [2.24, 2.45) is 0 Å². The van der Waals surface area contributed by atoms with Crippen LogP contribution in [0.2, 0.25) is 0 Å². The number of fused-ring (bicyclic) bond motifs is 1. The third-order valence-corrected chi connectivity index (χ3v) is 8.40. The van der Waals surface area contributed by atoms with E-state index in [-0.39, 0.29) is 26.0 Å². The van der Waals surface area contributed by atoms with Gasteiger partial charge in [-0.25, -0.2) is 9.59 Å². The van der Waals surface area contributed by atoms with Gasteiger partial charge in [0, 0.05) is 36.5 Å². The molecule has 0 fully saturated rings. The molecule has 53 heavy (non-hydrogen) atoms. The molecular weight excluding hydrogens is 670 g/mol. The van der Waals surface area contributed by atoms with Crippen LogP contribution < -0.4 is 21.3 Å². The molecule has 0 saturated heterocycles. The number of nitrogens with one attached hydrogen (secondary N) is 5. The lowest BCUT2D eigenvalue weighted by molar-refractivity contribution is -0.130. The van der Waals surface area contributed by atoms with Gasteiger partial charge in [0.05, 0.1) is 6.04 Å². The zero-order chi connectivity index (χ0) is 37.6. The van der Waals surface area contributed by atoms with Crippen LogP contribution >= 0.6 is 0 Å². The largest absolute Gasteiger partial charge is 0.445 e. The molecule has 5 aromatic rings. The summed E-state index contributed by atoms with van der Waals surface area (Å²) in [4.78, 5) is 57.2. The Hall–Kier alpha value is -6.10. The second-order valence-electron chi connectivity index (χ2n) is 13.9. The van der Waals surface area contributed by atoms with E-state index in [9.17, 15) is 19.2 Å². The molecule has 0 saturated carbocycles. The van der Waals surface area contributed by atoms with Crippen LogP contribution in [0.25, 0.3) is 10.9 Å². The number of H-pyrrole nitrogens is 1. The zero-order valence-electron chi connectivity index (χ0n) is 30.3. The summed E-state index contributed by atoms with van der Waals surface area (Å²) in [6.45, 7) is 5.40. The van der Waals surface area contributed by atoms with Crippen LogP contribution in [0.15, 0.2) is 121 Å². The Morgan fingerprint density at radius 2 is 1.17 bits per heavy atom. The molecular formula is C42H47N5O6. The number of ether oxygens (including phenoxy) is 2. The first-order chi connectivity index (χ1) is 25.5. The molecule has 0 unspecified atom stereocenters. The van der Waals surface area contributed by atoms with Gasteiger partial charge in [0.15, 0.2) is 0 Å². The number of aromatic nitrogens is 1. The smallest absolute Gasteiger partial charge is 0.408 e. The summed E-state index contributed by atoms with van der Waals surface area (Å²) in [7, 11) is 0. The average molecular weight is 718 g/mol. The molecule has 0 aliphatic carbocycles. The van der Waals surface area contributed by atoms with Crippen molar-refractivity contribution in [1.82, 2.24) is 26.3 Å². The standard InChI is InChI=1S/C42H47N5O6/c1-42(2,3)53-41(51)47-37(25-32-26-43-35-22-14-13-21-34(32)35)39(49)46-36(24-30-17-9-5-10-18-30)38(48)45-33(23-29-15-7-4-8-16-29)27-44-40(50)52-28-31-19-11-6-12-20-31/h4-22,26,33,36-37,43H,23-25,27-28H2,1-3H3,(H,44,50)(H,45,48)(H,46,49)(H,47,51)/t33-,36+,37+/m1/s1. The average Bonchev–Trinajstić information content (AvgIpc) is 3.55. The minimum atomic E-state index is -1.07. The van der Waals surface area contributed by atoms with Gasteiger partial charge in [0.25, 0.3) is 0 Å². The third-order valence-electron chi connectivity index (χ3n) is 8.40. The molecule has 0 aliphatic heterocycles. The van der Waals surface area contributed by atoms with Crippen molar-refractivity contribution in [2.75, 3.05) is 6.54 Å². The molecule has 0 aliphatic rings. The van der Waals surface area contributed by atoms with Crippen LogP contribution in [-0.4, -0.2) is 59.3 Å². The number of para-hydroxylation sites is 1. The highest BCUT2D eigenvalue weighted by Crippen LogP contribution is 2.20. The summed E-state index contributed by atoms with van der Waals surface area (Å²) in [6.07, 6.45) is 1.15. The van der Waals surface area contributed by atoms with Crippen molar-refractivity contribution in [3.8, 4) is 0 Å². The van der Waals surface area contributed by atoms with E-state index in [2.05, 4.69) is 26.3 Å². The number of hydrogen-bond acceptors (Lipinski definition) is 6. The maximum atomic E-state index is 14.2. The molecule has 11 heteroatoms. The minimum absolute atomic E-state index is 0.0731. The fraction of sp³-hybridized carbons (Fsp3) is 0.286. The number of alkyl carbamates (subject to hydrolysis) is 2. The Kier molecular flexibility index (Phi) is 13.2. The van der Waals surface area contributed by atoms with Crippen molar-refractivity contribution >= 4 is 34.9 Å². The van der Waals surface area contributed by atoms with Crippen molar-refractivity contribution in [3.63, 3.8) is 0 Å². The van der Waals surface area contributed by atoms with Crippen molar-refractivity contribution < 1.29 is 28.7 Å². The van der Waals surface area contributed by atoms with E-state index >= 15 is 0 Å². The first-order valence-electron chi connectivity index (χ1n) is 17.7. The topological polar surface area (TPSA) is 151 Å². The van der Waals surface area contributed by atoms with Crippen LogP contribution in [-0.2, 0) is 44.9 Å². The first-order valence-corrected chi connectivity index (χ1v) is 17.7. The highest BCUT2D eigenvalue weighted by molar-refractivity contribution is 5.92. The number of carbonyl (C=O) groups is 4. The van der Waals surface area contributed by atoms with Crippen molar-refractivity contribution in [3.05, 3.63) is 144 Å². The predicted octanol–water partition coefficient (Wildman–Crippen LogP) is 5.99. The van der Waals surface area contributed by atoms with Crippen LogP contribution in [0.1, 0.15) is 43.0 Å². The van der Waals surface area contributed by atoms with Gasteiger partial charge >= 0.3 is 12.2 Å². The number of hydrogen-bond donors (Lipinski definition) is 5. The van der Waals surface area contributed by atoms with E-state index in [0.717, 1.165) is 33.2 Å². The molecule has 1 aromatic heterocycles. The van der Waals surface area contributed by atoms with E-state index in [1.54, 1.807) is 20.8 Å². The van der Waals surface area contributed by atoms with Crippen LogP contribution in [0.5, 0.6) is 0 Å². The monoisotopic (exact) mass is 717 g/mol. The highest BCUT2D eigenvalue weighted by Gasteiger charge is 2.30. The lowest BCUT2D eigenvalue weighted by Gasteiger charge is -2.27. The molecule has 4 amide bonds.